The third-order valence-electron chi connectivity index (χ3n) is 5.35. The highest BCUT2D eigenvalue weighted by Gasteiger charge is 2.23. The third-order valence-corrected chi connectivity index (χ3v) is 5.35. The predicted octanol–water partition coefficient (Wildman–Crippen LogP) is 3.88. The van der Waals surface area contributed by atoms with Crippen molar-refractivity contribution in [1.82, 2.24) is 9.99 Å². The first-order chi connectivity index (χ1) is 16.1. The van der Waals surface area contributed by atoms with Crippen LogP contribution < -0.4 is 14.8 Å². The number of hydrogen-bond acceptors (Lipinski definition) is 6. The van der Waals surface area contributed by atoms with Crippen LogP contribution in [0.2, 0.25) is 0 Å². The molecule has 1 aliphatic rings. The molecule has 2 aromatic carbocycles. The van der Waals surface area contributed by atoms with Gasteiger partial charge in [-0.2, -0.15) is 5.10 Å². The molecule has 0 aliphatic carbocycles. The topological polar surface area (TPSA) is 93.1 Å². The molecule has 1 aromatic heterocycles. The summed E-state index contributed by atoms with van der Waals surface area (Å²) in [4.78, 5) is 29.2. The molecule has 0 saturated heterocycles. The van der Waals surface area contributed by atoms with Crippen molar-refractivity contribution in [2.45, 2.75) is 19.4 Å². The fraction of sp³-hybridized carbons (Fsp3) is 0.200. The Kier molecular flexibility index (Phi) is 6.64. The summed E-state index contributed by atoms with van der Waals surface area (Å²) in [6, 6.07) is 16.2. The molecule has 2 amide bonds. The van der Waals surface area contributed by atoms with Gasteiger partial charge in [0.2, 0.25) is 5.91 Å². The first-order valence-electron chi connectivity index (χ1n) is 10.5. The van der Waals surface area contributed by atoms with Crippen LogP contribution in [0.25, 0.3) is 0 Å². The van der Waals surface area contributed by atoms with E-state index in [0.717, 1.165) is 16.8 Å². The Morgan fingerprint density at radius 2 is 1.76 bits per heavy atom. The maximum atomic E-state index is 12.6. The number of carbonyl (C=O) groups is 2. The van der Waals surface area contributed by atoms with Crippen molar-refractivity contribution in [3.05, 3.63) is 83.7 Å². The molecule has 8 nitrogen and oxygen atoms in total. The molecule has 0 radical (unpaired) electrons. The average Bonchev–Trinajstić information content (AvgIpc) is 2.86. The Balaban J connectivity index is 1.57. The van der Waals surface area contributed by atoms with E-state index in [1.165, 1.54) is 5.01 Å². The van der Waals surface area contributed by atoms with Crippen LogP contribution in [0.15, 0.2) is 72.1 Å². The van der Waals surface area contributed by atoms with E-state index in [2.05, 4.69) is 15.4 Å². The molecule has 2 heterocycles. The Hall–Kier alpha value is -4.20. The molecule has 33 heavy (non-hydrogen) atoms. The minimum atomic E-state index is -0.246. The van der Waals surface area contributed by atoms with Crippen molar-refractivity contribution in [2.24, 2.45) is 5.10 Å². The van der Waals surface area contributed by atoms with Crippen LogP contribution in [0.5, 0.6) is 11.5 Å². The number of benzene rings is 2. The van der Waals surface area contributed by atoms with Crippen molar-refractivity contribution >= 4 is 23.2 Å². The number of para-hydroxylation sites is 1. The van der Waals surface area contributed by atoms with Gasteiger partial charge in [0, 0.05) is 42.0 Å². The van der Waals surface area contributed by atoms with E-state index in [1.54, 1.807) is 38.7 Å². The van der Waals surface area contributed by atoms with Crippen molar-refractivity contribution in [2.75, 3.05) is 19.5 Å². The van der Waals surface area contributed by atoms with Crippen LogP contribution >= 0.6 is 0 Å². The molecule has 0 atom stereocenters. The van der Waals surface area contributed by atoms with Gasteiger partial charge < -0.3 is 14.8 Å². The van der Waals surface area contributed by atoms with Gasteiger partial charge in [0.15, 0.2) is 11.5 Å². The molecule has 0 saturated carbocycles. The van der Waals surface area contributed by atoms with Crippen LogP contribution in [0.4, 0.5) is 5.69 Å². The lowest BCUT2D eigenvalue weighted by Gasteiger charge is -2.25. The van der Waals surface area contributed by atoms with Crippen molar-refractivity contribution in [3.63, 3.8) is 0 Å². The summed E-state index contributed by atoms with van der Waals surface area (Å²) in [5.41, 5.74) is 3.56. The lowest BCUT2D eigenvalue weighted by atomic mass is 10.0. The zero-order valence-corrected chi connectivity index (χ0v) is 18.4. The van der Waals surface area contributed by atoms with Crippen LogP contribution in [0.3, 0.4) is 0 Å². The van der Waals surface area contributed by atoms with Crippen molar-refractivity contribution in [1.29, 1.82) is 0 Å². The molecule has 0 fully saturated rings. The van der Waals surface area contributed by atoms with Crippen LogP contribution in [-0.2, 0) is 11.3 Å². The SMILES string of the molecule is COc1ccc(C2=NN(Cc3ccccc3NC(=O)c3ccncc3)C(=O)CC2)cc1OC. The van der Waals surface area contributed by atoms with Crippen LogP contribution in [-0.4, -0.2) is 41.7 Å². The summed E-state index contributed by atoms with van der Waals surface area (Å²) in [5, 5.41) is 8.99. The van der Waals surface area contributed by atoms with E-state index in [9.17, 15) is 9.59 Å². The number of nitrogens with one attached hydrogen (secondary N) is 1. The highest BCUT2D eigenvalue weighted by molar-refractivity contribution is 6.05. The molecule has 0 bridgehead atoms. The lowest BCUT2D eigenvalue weighted by Crippen LogP contribution is -2.32. The molecule has 0 spiro atoms. The minimum Gasteiger partial charge on any atom is -0.493 e. The number of hydrazone groups is 1. The van der Waals surface area contributed by atoms with Crippen molar-refractivity contribution < 1.29 is 19.1 Å². The molecular formula is C25H24N4O4. The number of aromatic nitrogens is 1. The lowest BCUT2D eigenvalue weighted by molar-refractivity contribution is -0.132. The summed E-state index contributed by atoms with van der Waals surface area (Å²) in [7, 11) is 3.16. The first kappa shape index (κ1) is 22.0. The Morgan fingerprint density at radius 1 is 1.00 bits per heavy atom. The van der Waals surface area contributed by atoms with Gasteiger partial charge in [0.1, 0.15) is 0 Å². The quantitative estimate of drug-likeness (QED) is 0.597. The highest BCUT2D eigenvalue weighted by Crippen LogP contribution is 2.29. The number of hydrogen-bond donors (Lipinski definition) is 1. The number of pyridine rings is 1. The zero-order chi connectivity index (χ0) is 23.2. The third kappa shape index (κ3) is 5.01. The maximum absolute atomic E-state index is 12.6. The molecule has 0 unspecified atom stereocenters. The van der Waals surface area contributed by atoms with Gasteiger partial charge in [0.05, 0.1) is 26.5 Å². The van der Waals surface area contributed by atoms with E-state index < -0.39 is 0 Å². The number of rotatable bonds is 7. The number of ether oxygens (including phenoxy) is 2. The zero-order valence-electron chi connectivity index (χ0n) is 18.4. The van der Waals surface area contributed by atoms with E-state index >= 15 is 0 Å². The Labute approximate surface area is 191 Å². The number of nitrogens with zero attached hydrogens (tertiary/aromatic N) is 3. The molecule has 8 heteroatoms. The van der Waals surface area contributed by atoms with E-state index in [1.807, 2.05) is 42.5 Å². The number of anilines is 1. The van der Waals surface area contributed by atoms with Gasteiger partial charge in [-0.15, -0.1) is 0 Å². The fourth-order valence-corrected chi connectivity index (χ4v) is 3.59. The average molecular weight is 444 g/mol. The van der Waals surface area contributed by atoms with Crippen LogP contribution in [0.1, 0.15) is 34.3 Å². The van der Waals surface area contributed by atoms with E-state index in [-0.39, 0.29) is 18.4 Å². The van der Waals surface area contributed by atoms with Gasteiger partial charge in [-0.3, -0.25) is 14.6 Å². The molecule has 3 aromatic rings. The Morgan fingerprint density at radius 3 is 2.52 bits per heavy atom. The molecule has 168 valence electrons. The van der Waals surface area contributed by atoms with Gasteiger partial charge in [0.25, 0.3) is 5.91 Å². The summed E-state index contributed by atoms with van der Waals surface area (Å²) in [5.74, 6) is 0.911. The summed E-state index contributed by atoms with van der Waals surface area (Å²) >= 11 is 0. The van der Waals surface area contributed by atoms with Crippen LogP contribution in [0, 0.1) is 0 Å². The molecule has 1 aliphatic heterocycles. The summed E-state index contributed by atoms with van der Waals surface area (Å²) in [6.45, 7) is 0.239. The summed E-state index contributed by atoms with van der Waals surface area (Å²) in [6.07, 6.45) is 4.01. The standard InChI is InChI=1S/C25H24N4O4/c1-32-22-9-7-18(15-23(22)33-2)21-8-10-24(30)29(28-21)16-19-5-3-4-6-20(19)27-25(31)17-11-13-26-14-12-17/h3-7,9,11-15H,8,10,16H2,1-2H3,(H,27,31). The van der Waals surface area contributed by atoms with Gasteiger partial charge in [-0.1, -0.05) is 18.2 Å². The first-order valence-corrected chi connectivity index (χ1v) is 10.5. The monoisotopic (exact) mass is 444 g/mol. The number of amides is 2. The molecular weight excluding hydrogens is 420 g/mol. The minimum absolute atomic E-state index is 0.0745. The van der Waals surface area contributed by atoms with Gasteiger partial charge in [-0.05, 0) is 42.0 Å². The fourth-order valence-electron chi connectivity index (χ4n) is 3.59. The van der Waals surface area contributed by atoms with E-state index in [4.69, 9.17) is 9.47 Å². The number of carbonyl (C=O) groups excluding carboxylic acids is 2. The second kappa shape index (κ2) is 9.95. The maximum Gasteiger partial charge on any atom is 0.255 e. The van der Waals surface area contributed by atoms with Crippen molar-refractivity contribution in [3.8, 4) is 11.5 Å². The normalized spacial score (nSPS) is 13.3. The second-order valence-electron chi connectivity index (χ2n) is 7.42. The molecule has 4 rings (SSSR count). The van der Waals surface area contributed by atoms with E-state index in [0.29, 0.717) is 35.6 Å². The Bertz CT molecular complexity index is 1190. The van der Waals surface area contributed by atoms with Gasteiger partial charge in [-0.25, -0.2) is 5.01 Å². The largest absolute Gasteiger partial charge is 0.493 e. The summed E-state index contributed by atoms with van der Waals surface area (Å²) < 4.78 is 10.7. The van der Waals surface area contributed by atoms with Gasteiger partial charge >= 0.3 is 0 Å². The molecule has 1 N–H and O–H groups in total. The number of methoxy groups -OCH3 is 2. The predicted molar refractivity (Wildman–Crippen MR) is 124 cm³/mol. The smallest absolute Gasteiger partial charge is 0.255 e. The second-order valence-corrected chi connectivity index (χ2v) is 7.42. The highest BCUT2D eigenvalue weighted by atomic mass is 16.5.